The summed E-state index contributed by atoms with van der Waals surface area (Å²) < 4.78 is 10.8. The first-order valence-corrected chi connectivity index (χ1v) is 7.73. The van der Waals surface area contributed by atoms with Crippen LogP contribution in [-0.4, -0.2) is 30.7 Å². The van der Waals surface area contributed by atoms with E-state index in [1.165, 1.54) is 6.07 Å². The molecule has 1 atom stereocenters. The quantitative estimate of drug-likeness (QED) is 0.618. The lowest BCUT2D eigenvalue weighted by molar-refractivity contribution is -0.384. The lowest BCUT2D eigenvalue weighted by Gasteiger charge is -2.27. The van der Waals surface area contributed by atoms with Crippen molar-refractivity contribution in [3.05, 3.63) is 52.2 Å². The van der Waals surface area contributed by atoms with Crippen LogP contribution >= 0.6 is 0 Å². The van der Waals surface area contributed by atoms with E-state index in [4.69, 9.17) is 9.47 Å². The van der Waals surface area contributed by atoms with Crippen LogP contribution in [0, 0.1) is 10.1 Å². The predicted octanol–water partition coefficient (Wildman–Crippen LogP) is 3.35. The highest BCUT2D eigenvalue weighted by molar-refractivity contribution is 5.60. The zero-order chi connectivity index (χ0) is 17.1. The van der Waals surface area contributed by atoms with E-state index in [-0.39, 0.29) is 16.7 Å². The summed E-state index contributed by atoms with van der Waals surface area (Å²) in [5.41, 5.74) is 0.973. The van der Waals surface area contributed by atoms with Gasteiger partial charge in [0.05, 0.1) is 25.2 Å². The Morgan fingerprint density at radius 3 is 2.83 bits per heavy atom. The first kappa shape index (κ1) is 16.0. The molecule has 1 aliphatic heterocycles. The molecule has 7 nitrogen and oxygen atoms in total. The van der Waals surface area contributed by atoms with Gasteiger partial charge in [0.25, 0.3) is 0 Å². The number of hydrogen-bond acceptors (Lipinski definition) is 6. The number of nitrogens with zero attached hydrogens (tertiary/aromatic N) is 3. The lowest BCUT2D eigenvalue weighted by Crippen LogP contribution is -2.24. The van der Waals surface area contributed by atoms with Crippen molar-refractivity contribution in [2.24, 2.45) is 0 Å². The molecule has 3 rings (SSSR count). The van der Waals surface area contributed by atoms with Crippen LogP contribution < -0.4 is 14.4 Å². The van der Waals surface area contributed by atoms with Gasteiger partial charge >= 0.3 is 5.69 Å². The van der Waals surface area contributed by atoms with Crippen molar-refractivity contribution in [1.29, 1.82) is 0 Å². The maximum Gasteiger partial charge on any atom is 0.311 e. The van der Waals surface area contributed by atoms with E-state index in [0.29, 0.717) is 12.4 Å². The minimum absolute atomic E-state index is 0.0197. The topological polar surface area (TPSA) is 77.7 Å². The molecule has 0 bridgehead atoms. The molecule has 1 aromatic heterocycles. The summed E-state index contributed by atoms with van der Waals surface area (Å²) in [5.74, 6) is 1.87. The molecule has 1 fully saturated rings. The predicted molar refractivity (Wildman–Crippen MR) is 89.8 cm³/mol. The number of hydrogen-bond donors (Lipinski definition) is 0. The lowest BCUT2D eigenvalue weighted by atomic mass is 10.0. The number of anilines is 1. The molecule has 0 aliphatic carbocycles. The van der Waals surface area contributed by atoms with Crippen LogP contribution in [0.4, 0.5) is 11.5 Å². The summed E-state index contributed by atoms with van der Waals surface area (Å²) in [6.45, 7) is 0.711. The van der Waals surface area contributed by atoms with Gasteiger partial charge in [-0.25, -0.2) is 4.98 Å². The molecule has 0 amide bonds. The second-order valence-corrected chi connectivity index (χ2v) is 5.56. The molecule has 0 saturated carbocycles. The Morgan fingerprint density at radius 1 is 1.29 bits per heavy atom. The van der Waals surface area contributed by atoms with Gasteiger partial charge in [0.1, 0.15) is 11.5 Å². The zero-order valence-corrected chi connectivity index (χ0v) is 13.6. The average Bonchev–Trinajstić information content (AvgIpc) is 3.10. The van der Waals surface area contributed by atoms with E-state index < -0.39 is 0 Å². The first-order chi connectivity index (χ1) is 11.7. The molecule has 2 aromatic rings. The number of aromatic nitrogens is 1. The van der Waals surface area contributed by atoms with Gasteiger partial charge in [-0.3, -0.25) is 10.1 Å². The summed E-state index contributed by atoms with van der Waals surface area (Å²) in [4.78, 5) is 17.2. The molecule has 7 heteroatoms. The Hall–Kier alpha value is -2.83. The minimum atomic E-state index is -0.388. The largest absolute Gasteiger partial charge is 0.497 e. The Bertz CT molecular complexity index is 750. The Balaban J connectivity index is 2.05. The monoisotopic (exact) mass is 329 g/mol. The molecule has 0 spiro atoms. The van der Waals surface area contributed by atoms with Crippen molar-refractivity contribution >= 4 is 11.5 Å². The number of benzene rings is 1. The van der Waals surface area contributed by atoms with E-state index in [2.05, 4.69) is 4.98 Å². The minimum Gasteiger partial charge on any atom is -0.497 e. The molecular formula is C17H19N3O4. The molecule has 0 unspecified atom stereocenters. The number of pyridine rings is 1. The van der Waals surface area contributed by atoms with Crippen LogP contribution in [0.15, 0.2) is 36.5 Å². The van der Waals surface area contributed by atoms with E-state index in [9.17, 15) is 10.1 Å². The Morgan fingerprint density at radius 2 is 2.12 bits per heavy atom. The maximum absolute atomic E-state index is 11.3. The van der Waals surface area contributed by atoms with Crippen molar-refractivity contribution in [3.63, 3.8) is 0 Å². The third kappa shape index (κ3) is 2.84. The highest BCUT2D eigenvalue weighted by Gasteiger charge is 2.33. The summed E-state index contributed by atoms with van der Waals surface area (Å²) in [6.07, 6.45) is 3.39. The third-order valence-corrected chi connectivity index (χ3v) is 4.28. The van der Waals surface area contributed by atoms with Crippen molar-refractivity contribution in [2.75, 3.05) is 25.7 Å². The summed E-state index contributed by atoms with van der Waals surface area (Å²) in [6, 6.07) is 8.65. The molecule has 0 N–H and O–H groups in total. The molecule has 1 aliphatic rings. The Kier molecular flexibility index (Phi) is 4.50. The molecule has 1 aromatic carbocycles. The SMILES string of the molecule is COc1ccc(OC)c([C@H]2CCCN2c2ncccc2[N+](=O)[O-])c1. The van der Waals surface area contributed by atoms with Crippen molar-refractivity contribution in [1.82, 2.24) is 4.98 Å². The van der Waals surface area contributed by atoms with E-state index >= 15 is 0 Å². The smallest absolute Gasteiger partial charge is 0.311 e. The van der Waals surface area contributed by atoms with Crippen LogP contribution in [0.2, 0.25) is 0 Å². The van der Waals surface area contributed by atoms with Gasteiger partial charge in [0.15, 0.2) is 0 Å². The highest BCUT2D eigenvalue weighted by Crippen LogP contribution is 2.42. The maximum atomic E-state index is 11.3. The van der Waals surface area contributed by atoms with E-state index in [0.717, 1.165) is 29.9 Å². The average molecular weight is 329 g/mol. The molecule has 24 heavy (non-hydrogen) atoms. The first-order valence-electron chi connectivity index (χ1n) is 7.73. The third-order valence-electron chi connectivity index (χ3n) is 4.28. The fraction of sp³-hybridized carbons (Fsp3) is 0.353. The summed E-state index contributed by atoms with van der Waals surface area (Å²) in [5, 5.41) is 11.3. The summed E-state index contributed by atoms with van der Waals surface area (Å²) in [7, 11) is 3.23. The van der Waals surface area contributed by atoms with Gasteiger partial charge in [-0.2, -0.15) is 0 Å². The van der Waals surface area contributed by atoms with Gasteiger partial charge in [-0.1, -0.05) is 0 Å². The van der Waals surface area contributed by atoms with Crippen LogP contribution in [0.5, 0.6) is 11.5 Å². The number of rotatable bonds is 5. The van der Waals surface area contributed by atoms with Crippen molar-refractivity contribution in [3.8, 4) is 11.5 Å². The van der Waals surface area contributed by atoms with Crippen molar-refractivity contribution < 1.29 is 14.4 Å². The van der Waals surface area contributed by atoms with Gasteiger partial charge < -0.3 is 14.4 Å². The molecule has 2 heterocycles. The molecule has 126 valence electrons. The molecular weight excluding hydrogens is 310 g/mol. The van der Waals surface area contributed by atoms with Crippen LogP contribution in [0.25, 0.3) is 0 Å². The Labute approximate surface area is 140 Å². The van der Waals surface area contributed by atoms with Crippen LogP contribution in [0.3, 0.4) is 0 Å². The van der Waals surface area contributed by atoms with E-state index in [1.807, 2.05) is 23.1 Å². The highest BCUT2D eigenvalue weighted by atomic mass is 16.6. The summed E-state index contributed by atoms with van der Waals surface area (Å²) >= 11 is 0. The fourth-order valence-electron chi connectivity index (χ4n) is 3.20. The number of nitro groups is 1. The molecule has 1 saturated heterocycles. The second kappa shape index (κ2) is 6.74. The van der Waals surface area contributed by atoms with Crippen LogP contribution in [-0.2, 0) is 0 Å². The van der Waals surface area contributed by atoms with Crippen molar-refractivity contribution in [2.45, 2.75) is 18.9 Å². The fourth-order valence-corrected chi connectivity index (χ4v) is 3.20. The van der Waals surface area contributed by atoms with Gasteiger partial charge in [0.2, 0.25) is 5.82 Å². The van der Waals surface area contributed by atoms with Gasteiger partial charge in [-0.05, 0) is 37.1 Å². The standard InChI is InChI=1S/C17H19N3O4/c1-23-12-7-8-16(24-2)13(11-12)14-6-4-10-19(14)17-15(20(21)22)5-3-9-18-17/h3,5,7-9,11,14H,4,6,10H2,1-2H3/t14-/m1/s1. The van der Waals surface area contributed by atoms with E-state index in [1.54, 1.807) is 26.5 Å². The number of ether oxygens (including phenoxy) is 2. The zero-order valence-electron chi connectivity index (χ0n) is 13.6. The second-order valence-electron chi connectivity index (χ2n) is 5.56. The van der Waals surface area contributed by atoms with Gasteiger partial charge in [0, 0.05) is 24.4 Å². The normalized spacial score (nSPS) is 16.9. The number of methoxy groups -OCH3 is 2. The van der Waals surface area contributed by atoms with Gasteiger partial charge in [-0.15, -0.1) is 0 Å². The van der Waals surface area contributed by atoms with Crippen LogP contribution in [0.1, 0.15) is 24.4 Å². The molecule has 0 radical (unpaired) electrons.